The Balaban J connectivity index is 1.41. The lowest BCUT2D eigenvalue weighted by Gasteiger charge is -2.37. The van der Waals surface area contributed by atoms with Crippen molar-refractivity contribution in [2.75, 3.05) is 6.61 Å². The van der Waals surface area contributed by atoms with Gasteiger partial charge in [-0.2, -0.15) is 4.39 Å². The minimum Gasteiger partial charge on any atom is -0.490 e. The molecule has 4 heteroatoms. The summed E-state index contributed by atoms with van der Waals surface area (Å²) >= 11 is 2.99. The Bertz CT molecular complexity index is 576. The Morgan fingerprint density at radius 2 is 1.46 bits per heavy atom. The number of hydrogen-bond acceptors (Lipinski definition) is 1. The molecule has 26 heavy (non-hydrogen) atoms. The van der Waals surface area contributed by atoms with Crippen LogP contribution in [0.3, 0.4) is 0 Å². The van der Waals surface area contributed by atoms with E-state index in [0.717, 1.165) is 30.6 Å². The fraction of sp³-hybridized carbons (Fsp3) is 0.727. The van der Waals surface area contributed by atoms with Crippen LogP contribution < -0.4 is 4.74 Å². The highest BCUT2D eigenvalue weighted by Gasteiger charge is 2.31. The van der Waals surface area contributed by atoms with Crippen LogP contribution in [0.15, 0.2) is 16.6 Å². The Hall–Kier alpha value is -0.640. The number of rotatable bonds is 6. The third-order valence-electron chi connectivity index (χ3n) is 6.62. The van der Waals surface area contributed by atoms with Gasteiger partial charge in [-0.25, -0.2) is 4.39 Å². The molecule has 0 N–H and O–H groups in total. The Morgan fingerprint density at radius 1 is 0.885 bits per heavy atom. The van der Waals surface area contributed by atoms with Gasteiger partial charge in [-0.05, 0) is 90.3 Å². The molecule has 1 nitrogen and oxygen atoms in total. The molecule has 0 unspecified atom stereocenters. The van der Waals surface area contributed by atoms with Gasteiger partial charge in [0, 0.05) is 0 Å². The predicted molar refractivity (Wildman–Crippen MR) is 105 cm³/mol. The molecule has 0 saturated heterocycles. The van der Waals surface area contributed by atoms with Gasteiger partial charge in [0.2, 0.25) is 5.82 Å². The number of benzene rings is 1. The zero-order chi connectivity index (χ0) is 18.5. The summed E-state index contributed by atoms with van der Waals surface area (Å²) in [7, 11) is 0. The molecule has 3 rings (SSSR count). The molecule has 146 valence electrons. The lowest BCUT2D eigenvalue weighted by molar-refractivity contribution is 0.120. The normalized spacial score (nSPS) is 29.5. The van der Waals surface area contributed by atoms with Gasteiger partial charge in [0.25, 0.3) is 0 Å². The maximum absolute atomic E-state index is 13.9. The average Bonchev–Trinajstić information content (AvgIpc) is 2.67. The van der Waals surface area contributed by atoms with Crippen molar-refractivity contribution in [2.45, 2.75) is 71.1 Å². The molecule has 2 aliphatic carbocycles. The summed E-state index contributed by atoms with van der Waals surface area (Å²) in [4.78, 5) is 0. The van der Waals surface area contributed by atoms with Crippen molar-refractivity contribution in [1.82, 2.24) is 0 Å². The lowest BCUT2D eigenvalue weighted by atomic mass is 9.69. The topological polar surface area (TPSA) is 9.23 Å². The Labute approximate surface area is 165 Å². The molecule has 0 atom stereocenters. The van der Waals surface area contributed by atoms with Crippen molar-refractivity contribution < 1.29 is 13.5 Å². The molecular formula is C22H31BrF2O. The van der Waals surface area contributed by atoms with Crippen LogP contribution in [0, 0.1) is 35.3 Å². The molecule has 1 aromatic carbocycles. The molecule has 0 radical (unpaired) electrons. The van der Waals surface area contributed by atoms with E-state index in [-0.39, 0.29) is 10.2 Å². The quantitative estimate of drug-likeness (QED) is 0.425. The summed E-state index contributed by atoms with van der Waals surface area (Å²) < 4.78 is 33.2. The van der Waals surface area contributed by atoms with Gasteiger partial charge in [0.1, 0.15) is 0 Å². The highest BCUT2D eigenvalue weighted by molar-refractivity contribution is 9.10. The van der Waals surface area contributed by atoms with Crippen molar-refractivity contribution in [3.63, 3.8) is 0 Å². The number of hydrogen-bond donors (Lipinski definition) is 0. The summed E-state index contributed by atoms with van der Waals surface area (Å²) in [6.45, 7) is 2.79. The van der Waals surface area contributed by atoms with E-state index in [1.807, 2.05) is 0 Å². The Morgan fingerprint density at radius 3 is 2.04 bits per heavy atom. The predicted octanol–water partition coefficient (Wildman–Crippen LogP) is 7.52. The van der Waals surface area contributed by atoms with E-state index < -0.39 is 11.6 Å². The fourth-order valence-electron chi connectivity index (χ4n) is 5.01. The average molecular weight is 429 g/mol. The van der Waals surface area contributed by atoms with Gasteiger partial charge in [0.05, 0.1) is 11.1 Å². The third kappa shape index (κ3) is 4.99. The van der Waals surface area contributed by atoms with Crippen LogP contribution in [0.5, 0.6) is 5.75 Å². The summed E-state index contributed by atoms with van der Waals surface area (Å²) in [5.74, 6) is 1.50. The number of ether oxygens (including phenoxy) is 1. The molecular weight excluding hydrogens is 398 g/mol. The largest absolute Gasteiger partial charge is 0.490 e. The lowest BCUT2D eigenvalue weighted by Crippen LogP contribution is -2.27. The highest BCUT2D eigenvalue weighted by atomic mass is 79.9. The Kier molecular flexibility index (Phi) is 7.36. The van der Waals surface area contributed by atoms with Crippen LogP contribution in [-0.2, 0) is 0 Å². The van der Waals surface area contributed by atoms with Gasteiger partial charge >= 0.3 is 0 Å². The molecule has 0 aromatic heterocycles. The first-order chi connectivity index (χ1) is 12.6. The molecule has 2 fully saturated rings. The zero-order valence-electron chi connectivity index (χ0n) is 15.8. The van der Waals surface area contributed by atoms with Gasteiger partial charge in [0.15, 0.2) is 11.6 Å². The first-order valence-corrected chi connectivity index (χ1v) is 11.1. The second kappa shape index (κ2) is 9.52. The standard InChI is InChI=1S/C22H31BrF2O/c1-2-3-15-4-8-17(9-5-15)18-10-6-16(7-11-18)14-26-20-13-12-19(23)21(24)22(20)25/h12-13,15-18H,2-11,14H2,1H3/t15-,16?,17-,18?. The van der Waals surface area contributed by atoms with Crippen LogP contribution in [0.1, 0.15) is 71.1 Å². The molecule has 0 aliphatic heterocycles. The summed E-state index contributed by atoms with van der Waals surface area (Å²) in [6.07, 6.45) is 13.3. The van der Waals surface area contributed by atoms with Crippen molar-refractivity contribution >= 4 is 15.9 Å². The summed E-state index contributed by atoms with van der Waals surface area (Å²) in [5.41, 5.74) is 0. The second-order valence-corrected chi connectivity index (χ2v) is 9.19. The first-order valence-electron chi connectivity index (χ1n) is 10.3. The van der Waals surface area contributed by atoms with Crippen LogP contribution in [-0.4, -0.2) is 6.61 Å². The summed E-state index contributed by atoms with van der Waals surface area (Å²) in [5, 5.41) is 0. The molecule has 2 aliphatic rings. The molecule has 0 bridgehead atoms. The van der Waals surface area contributed by atoms with Crippen LogP contribution in [0.4, 0.5) is 8.78 Å². The first kappa shape index (κ1) is 20.1. The van der Waals surface area contributed by atoms with Gasteiger partial charge < -0.3 is 4.74 Å². The van der Waals surface area contributed by atoms with Crippen molar-refractivity contribution in [3.05, 3.63) is 28.2 Å². The minimum absolute atomic E-state index is 0.0297. The molecule has 1 aromatic rings. The number of halogens is 3. The molecule has 2 saturated carbocycles. The monoisotopic (exact) mass is 428 g/mol. The van der Waals surface area contributed by atoms with E-state index in [2.05, 4.69) is 22.9 Å². The smallest absolute Gasteiger partial charge is 0.201 e. The maximum atomic E-state index is 13.9. The SMILES string of the molecule is CCC[C@H]1CC[C@H](C2CCC(COc3ccc(Br)c(F)c3F)CC2)CC1. The van der Waals surface area contributed by atoms with E-state index in [1.54, 1.807) is 0 Å². The van der Waals surface area contributed by atoms with Gasteiger partial charge in [-0.15, -0.1) is 0 Å². The summed E-state index contributed by atoms with van der Waals surface area (Å²) in [6, 6.07) is 3.00. The fourth-order valence-corrected chi connectivity index (χ4v) is 5.32. The van der Waals surface area contributed by atoms with E-state index >= 15 is 0 Å². The van der Waals surface area contributed by atoms with Gasteiger partial charge in [-0.3, -0.25) is 0 Å². The van der Waals surface area contributed by atoms with Crippen LogP contribution in [0.2, 0.25) is 0 Å². The van der Waals surface area contributed by atoms with Crippen LogP contribution in [0.25, 0.3) is 0 Å². The van der Waals surface area contributed by atoms with E-state index in [9.17, 15) is 8.78 Å². The molecule has 0 spiro atoms. The van der Waals surface area contributed by atoms with Gasteiger partial charge in [-0.1, -0.05) is 32.6 Å². The van der Waals surface area contributed by atoms with E-state index in [0.29, 0.717) is 12.5 Å². The van der Waals surface area contributed by atoms with Crippen molar-refractivity contribution in [3.8, 4) is 5.75 Å². The van der Waals surface area contributed by atoms with Crippen LogP contribution >= 0.6 is 15.9 Å². The van der Waals surface area contributed by atoms with Crippen molar-refractivity contribution in [1.29, 1.82) is 0 Å². The van der Waals surface area contributed by atoms with Crippen molar-refractivity contribution in [2.24, 2.45) is 23.7 Å². The zero-order valence-corrected chi connectivity index (χ0v) is 17.4. The van der Waals surface area contributed by atoms with E-state index in [4.69, 9.17) is 4.74 Å². The second-order valence-electron chi connectivity index (χ2n) is 8.33. The minimum atomic E-state index is -0.892. The van der Waals surface area contributed by atoms with E-state index in [1.165, 1.54) is 63.5 Å². The molecule has 0 heterocycles. The third-order valence-corrected chi connectivity index (χ3v) is 7.23. The maximum Gasteiger partial charge on any atom is 0.201 e. The highest BCUT2D eigenvalue weighted by Crippen LogP contribution is 2.42. The molecule has 0 amide bonds.